The summed E-state index contributed by atoms with van der Waals surface area (Å²) in [7, 11) is -4.01. The molecule has 1 N–H and O–H groups in total. The average Bonchev–Trinajstić information content (AvgIpc) is 2.05. The second-order valence-corrected chi connectivity index (χ2v) is 3.84. The molecular formula is C6H5ClO4S. The summed E-state index contributed by atoms with van der Waals surface area (Å²) in [4.78, 5) is -0.347. The number of phenols is 1. The number of halogens is 1. The Morgan fingerprint density at radius 2 is 1.92 bits per heavy atom. The number of hydrogen-bond acceptors (Lipinski definition) is 4. The fourth-order valence-corrected chi connectivity index (χ4v) is 1.54. The van der Waals surface area contributed by atoms with Gasteiger partial charge in [0.15, 0.2) is 0 Å². The van der Waals surface area contributed by atoms with Crippen LogP contribution in [0.25, 0.3) is 0 Å². The maximum atomic E-state index is 10.9. The summed E-state index contributed by atoms with van der Waals surface area (Å²) in [6.07, 6.45) is 0. The van der Waals surface area contributed by atoms with Crippen molar-refractivity contribution in [3.8, 4) is 5.75 Å². The van der Waals surface area contributed by atoms with Gasteiger partial charge >= 0.3 is 10.1 Å². The minimum absolute atomic E-state index is 0.347. The van der Waals surface area contributed by atoms with E-state index in [1.807, 2.05) is 0 Å². The molecule has 0 atom stereocenters. The van der Waals surface area contributed by atoms with Crippen LogP contribution in [0.2, 0.25) is 0 Å². The Labute approximate surface area is 74.6 Å². The second-order valence-electron chi connectivity index (χ2n) is 1.98. The smallest absolute Gasteiger partial charge is 0.316 e. The summed E-state index contributed by atoms with van der Waals surface area (Å²) in [5, 5.41) is 9.06. The van der Waals surface area contributed by atoms with Crippen LogP contribution in [0.5, 0.6) is 5.75 Å². The van der Waals surface area contributed by atoms with E-state index in [4.69, 9.17) is 17.0 Å². The molecule has 4 nitrogen and oxygen atoms in total. The number of para-hydroxylation sites is 1. The standard InChI is InChI=1S/C6H5ClO4S/c7-11-12(9,10)6-4-2-1-3-5(6)8/h1-4,8H. The molecule has 0 heterocycles. The molecule has 66 valence electrons. The van der Waals surface area contributed by atoms with E-state index < -0.39 is 15.9 Å². The quantitative estimate of drug-likeness (QED) is 0.795. The van der Waals surface area contributed by atoms with Gasteiger partial charge in [-0.25, -0.2) is 0 Å². The van der Waals surface area contributed by atoms with Crippen molar-refractivity contribution in [3.05, 3.63) is 24.3 Å². The van der Waals surface area contributed by atoms with Crippen LogP contribution < -0.4 is 0 Å². The summed E-state index contributed by atoms with van der Waals surface area (Å²) in [5.74, 6) is -0.391. The number of aromatic hydroxyl groups is 1. The van der Waals surface area contributed by atoms with Crippen molar-refractivity contribution < 1.29 is 17.3 Å². The molecule has 0 spiro atoms. The van der Waals surface area contributed by atoms with E-state index in [0.29, 0.717) is 0 Å². The van der Waals surface area contributed by atoms with Gasteiger partial charge in [-0.2, -0.15) is 12.2 Å². The van der Waals surface area contributed by atoms with E-state index in [0.717, 1.165) is 0 Å². The molecule has 0 unspecified atom stereocenters. The van der Waals surface area contributed by atoms with E-state index >= 15 is 0 Å². The molecular weight excluding hydrogens is 204 g/mol. The summed E-state index contributed by atoms with van der Waals surface area (Å²) < 4.78 is 25.5. The lowest BCUT2D eigenvalue weighted by atomic mass is 10.3. The molecule has 1 aromatic carbocycles. The third-order valence-corrected chi connectivity index (χ3v) is 2.76. The summed E-state index contributed by atoms with van der Waals surface area (Å²) in [5.41, 5.74) is 0. The molecule has 0 aromatic heterocycles. The SMILES string of the molecule is O=S(=O)(OCl)c1ccccc1O. The highest BCUT2D eigenvalue weighted by atomic mass is 35.5. The van der Waals surface area contributed by atoms with Gasteiger partial charge in [0.05, 0.1) is 11.9 Å². The zero-order chi connectivity index (χ0) is 9.19. The van der Waals surface area contributed by atoms with Crippen molar-refractivity contribution in [1.29, 1.82) is 0 Å². The zero-order valence-electron chi connectivity index (χ0n) is 5.77. The van der Waals surface area contributed by atoms with Gasteiger partial charge in [-0.05, 0) is 12.1 Å². The van der Waals surface area contributed by atoms with Crippen molar-refractivity contribution >= 4 is 22.0 Å². The van der Waals surface area contributed by atoms with Crippen LogP contribution in [0.15, 0.2) is 29.2 Å². The minimum Gasteiger partial charge on any atom is -0.506 e. The summed E-state index contributed by atoms with van der Waals surface area (Å²) in [6.45, 7) is 0. The lowest BCUT2D eigenvalue weighted by Crippen LogP contribution is -1.99. The van der Waals surface area contributed by atoms with Crippen molar-refractivity contribution in [1.82, 2.24) is 0 Å². The van der Waals surface area contributed by atoms with Gasteiger partial charge in [0.2, 0.25) is 0 Å². The third kappa shape index (κ3) is 1.69. The van der Waals surface area contributed by atoms with Crippen LogP contribution in [0.1, 0.15) is 0 Å². The lowest BCUT2D eigenvalue weighted by molar-refractivity contribution is 0.450. The van der Waals surface area contributed by atoms with Crippen molar-refractivity contribution in [2.24, 2.45) is 0 Å². The fraction of sp³-hybridized carbons (Fsp3) is 0. The Morgan fingerprint density at radius 3 is 2.42 bits per heavy atom. The molecule has 0 bridgehead atoms. The molecule has 0 saturated heterocycles. The van der Waals surface area contributed by atoms with E-state index in [1.165, 1.54) is 24.3 Å². The van der Waals surface area contributed by atoms with Gasteiger partial charge < -0.3 is 5.11 Å². The Bertz CT molecular complexity index is 373. The fourth-order valence-electron chi connectivity index (χ4n) is 0.703. The Morgan fingerprint density at radius 1 is 1.33 bits per heavy atom. The van der Waals surface area contributed by atoms with E-state index in [2.05, 4.69) is 3.74 Å². The molecule has 6 heteroatoms. The van der Waals surface area contributed by atoms with Crippen LogP contribution in [0.3, 0.4) is 0 Å². The van der Waals surface area contributed by atoms with Gasteiger partial charge in [0.1, 0.15) is 10.6 Å². The average molecular weight is 209 g/mol. The summed E-state index contributed by atoms with van der Waals surface area (Å²) in [6, 6.07) is 5.35. The third-order valence-electron chi connectivity index (χ3n) is 1.22. The Hall–Kier alpha value is -0.780. The molecule has 0 aliphatic carbocycles. The molecule has 0 aliphatic rings. The molecule has 1 aromatic rings. The molecule has 0 saturated carbocycles. The molecule has 0 aliphatic heterocycles. The number of rotatable bonds is 2. The van der Waals surface area contributed by atoms with Crippen LogP contribution in [-0.4, -0.2) is 13.5 Å². The topological polar surface area (TPSA) is 63.6 Å². The molecule has 1 rings (SSSR count). The first-order chi connectivity index (χ1) is 5.58. The maximum absolute atomic E-state index is 10.9. The molecule has 12 heavy (non-hydrogen) atoms. The van der Waals surface area contributed by atoms with Gasteiger partial charge in [0.25, 0.3) is 0 Å². The lowest BCUT2D eigenvalue weighted by Gasteiger charge is -2.00. The predicted molar refractivity (Wildman–Crippen MR) is 42.2 cm³/mol. The van der Waals surface area contributed by atoms with E-state index in [9.17, 15) is 8.42 Å². The highest BCUT2D eigenvalue weighted by molar-refractivity contribution is 7.87. The van der Waals surface area contributed by atoms with E-state index in [1.54, 1.807) is 0 Å². The molecule has 0 fully saturated rings. The van der Waals surface area contributed by atoms with Crippen LogP contribution in [0.4, 0.5) is 0 Å². The second kappa shape index (κ2) is 3.30. The van der Waals surface area contributed by atoms with Crippen LogP contribution >= 0.6 is 11.9 Å². The number of hydrogen-bond donors (Lipinski definition) is 1. The zero-order valence-corrected chi connectivity index (χ0v) is 7.34. The summed E-state index contributed by atoms with van der Waals surface area (Å²) >= 11 is 4.70. The first-order valence-electron chi connectivity index (χ1n) is 2.91. The van der Waals surface area contributed by atoms with E-state index in [-0.39, 0.29) is 4.90 Å². The van der Waals surface area contributed by atoms with Gasteiger partial charge in [-0.1, -0.05) is 12.1 Å². The van der Waals surface area contributed by atoms with Gasteiger partial charge in [0, 0.05) is 0 Å². The van der Waals surface area contributed by atoms with Crippen LogP contribution in [-0.2, 0) is 13.9 Å². The van der Waals surface area contributed by atoms with Gasteiger partial charge in [-0.3, -0.25) is 0 Å². The number of benzene rings is 1. The monoisotopic (exact) mass is 208 g/mol. The highest BCUT2D eigenvalue weighted by Gasteiger charge is 2.18. The Balaban J connectivity index is 3.30. The van der Waals surface area contributed by atoms with Gasteiger partial charge in [-0.15, -0.1) is 0 Å². The van der Waals surface area contributed by atoms with Crippen molar-refractivity contribution in [2.75, 3.05) is 0 Å². The first-order valence-corrected chi connectivity index (χ1v) is 4.63. The maximum Gasteiger partial charge on any atom is 0.316 e. The van der Waals surface area contributed by atoms with Crippen LogP contribution in [0, 0.1) is 0 Å². The normalized spacial score (nSPS) is 11.4. The number of phenolic OH excluding ortho intramolecular Hbond substituents is 1. The largest absolute Gasteiger partial charge is 0.506 e. The van der Waals surface area contributed by atoms with Crippen molar-refractivity contribution in [2.45, 2.75) is 4.90 Å². The first kappa shape index (κ1) is 9.31. The molecule has 0 amide bonds. The predicted octanol–water partition coefficient (Wildman–Crippen LogP) is 1.25. The molecule has 0 radical (unpaired) electrons. The minimum atomic E-state index is -4.01. The Kier molecular flexibility index (Phi) is 2.56. The highest BCUT2D eigenvalue weighted by Crippen LogP contribution is 2.23. The van der Waals surface area contributed by atoms with Crippen molar-refractivity contribution in [3.63, 3.8) is 0 Å².